The van der Waals surface area contributed by atoms with Crippen LogP contribution in [-0.4, -0.2) is 29.4 Å². The van der Waals surface area contributed by atoms with Crippen LogP contribution < -0.4 is 0 Å². The maximum Gasteiger partial charge on any atom is 0.316 e. The first kappa shape index (κ1) is 15.6. The van der Waals surface area contributed by atoms with Gasteiger partial charge in [-0.05, 0) is 24.1 Å². The topological polar surface area (TPSA) is 63.6 Å². The largest absolute Gasteiger partial charge is 0.481 e. The van der Waals surface area contributed by atoms with Crippen molar-refractivity contribution in [3.8, 4) is 0 Å². The summed E-state index contributed by atoms with van der Waals surface area (Å²) in [5, 5.41) is 8.65. The monoisotopic (exact) mass is 282 g/mol. The van der Waals surface area contributed by atoms with Crippen molar-refractivity contribution in [2.75, 3.05) is 12.4 Å². The van der Waals surface area contributed by atoms with Crippen LogP contribution in [-0.2, 0) is 20.7 Å². The zero-order valence-corrected chi connectivity index (χ0v) is 11.7. The number of benzene rings is 1. The number of rotatable bonds is 8. The average molecular weight is 282 g/mol. The second kappa shape index (κ2) is 8.58. The number of hydrogen-bond acceptors (Lipinski definition) is 4. The second-order valence-electron chi connectivity index (χ2n) is 4.08. The molecule has 1 aromatic rings. The number of ether oxygens (including phenoxy) is 1. The Kier molecular flexibility index (Phi) is 7.03. The summed E-state index contributed by atoms with van der Waals surface area (Å²) in [5.74, 6) is -0.782. The third-order valence-electron chi connectivity index (χ3n) is 2.40. The van der Waals surface area contributed by atoms with E-state index in [1.165, 1.54) is 11.8 Å². The fraction of sp³-hybridized carbons (Fsp3) is 0.429. The lowest BCUT2D eigenvalue weighted by Crippen LogP contribution is -2.08. The van der Waals surface area contributed by atoms with E-state index in [1.807, 2.05) is 19.1 Å². The van der Waals surface area contributed by atoms with Crippen LogP contribution in [0.3, 0.4) is 0 Å². The lowest BCUT2D eigenvalue weighted by atomic mass is 10.2. The molecular weight excluding hydrogens is 264 g/mol. The van der Waals surface area contributed by atoms with E-state index in [2.05, 4.69) is 0 Å². The predicted octanol–water partition coefficient (Wildman–Crippen LogP) is 2.75. The SMILES string of the molecule is CCCCOC(=O)CSc1ccc(CC(=O)O)cc1. The number of unbranched alkanes of at least 4 members (excludes halogenated alkanes) is 1. The Morgan fingerprint density at radius 3 is 2.53 bits per heavy atom. The number of carbonyl (C=O) groups excluding carboxylic acids is 1. The maximum atomic E-state index is 11.4. The number of carboxylic acid groups (broad SMARTS) is 1. The molecule has 1 rings (SSSR count). The van der Waals surface area contributed by atoms with Crippen LogP contribution in [0.2, 0.25) is 0 Å². The molecule has 0 aliphatic carbocycles. The number of carboxylic acids is 1. The second-order valence-corrected chi connectivity index (χ2v) is 5.13. The molecule has 0 amide bonds. The van der Waals surface area contributed by atoms with E-state index >= 15 is 0 Å². The Balaban J connectivity index is 2.33. The van der Waals surface area contributed by atoms with Crippen molar-refractivity contribution < 1.29 is 19.4 Å². The normalized spacial score (nSPS) is 10.2. The fourth-order valence-electron chi connectivity index (χ4n) is 1.39. The molecule has 0 aromatic heterocycles. The third-order valence-corrected chi connectivity index (χ3v) is 3.38. The molecule has 0 bridgehead atoms. The van der Waals surface area contributed by atoms with Gasteiger partial charge in [-0.15, -0.1) is 11.8 Å². The minimum absolute atomic E-state index is 0.0179. The number of carbonyl (C=O) groups is 2. The lowest BCUT2D eigenvalue weighted by Gasteiger charge is -2.04. The van der Waals surface area contributed by atoms with Gasteiger partial charge >= 0.3 is 11.9 Å². The van der Waals surface area contributed by atoms with Gasteiger partial charge in [-0.2, -0.15) is 0 Å². The molecule has 0 saturated carbocycles. The number of aliphatic carboxylic acids is 1. The van der Waals surface area contributed by atoms with Crippen molar-refractivity contribution in [3.05, 3.63) is 29.8 Å². The molecule has 104 valence electrons. The zero-order chi connectivity index (χ0) is 14.1. The van der Waals surface area contributed by atoms with Gasteiger partial charge in [0.25, 0.3) is 0 Å². The standard InChI is InChI=1S/C14H18O4S/c1-2-3-8-18-14(17)10-19-12-6-4-11(5-7-12)9-13(15)16/h4-7H,2-3,8-10H2,1H3,(H,15,16). The van der Waals surface area contributed by atoms with E-state index in [4.69, 9.17) is 9.84 Å². The first-order valence-corrected chi connectivity index (χ1v) is 7.19. The van der Waals surface area contributed by atoms with Gasteiger partial charge in [0.1, 0.15) is 0 Å². The van der Waals surface area contributed by atoms with E-state index in [0.717, 1.165) is 23.3 Å². The van der Waals surface area contributed by atoms with E-state index in [-0.39, 0.29) is 18.1 Å². The van der Waals surface area contributed by atoms with Crippen LogP contribution in [0, 0.1) is 0 Å². The van der Waals surface area contributed by atoms with Gasteiger partial charge in [-0.25, -0.2) is 0 Å². The van der Waals surface area contributed by atoms with Crippen molar-refractivity contribution in [1.82, 2.24) is 0 Å². The summed E-state index contributed by atoms with van der Waals surface area (Å²) in [6, 6.07) is 7.17. The van der Waals surface area contributed by atoms with Gasteiger partial charge in [0, 0.05) is 4.90 Å². The molecule has 0 radical (unpaired) electrons. The summed E-state index contributed by atoms with van der Waals surface area (Å²) in [6.45, 7) is 2.52. The first-order valence-electron chi connectivity index (χ1n) is 6.21. The quantitative estimate of drug-likeness (QED) is 0.451. The lowest BCUT2D eigenvalue weighted by molar-refractivity contribution is -0.140. The molecule has 1 N–H and O–H groups in total. The third kappa shape index (κ3) is 6.86. The molecule has 0 atom stereocenters. The van der Waals surface area contributed by atoms with Crippen LogP contribution in [0.5, 0.6) is 0 Å². The maximum absolute atomic E-state index is 11.4. The van der Waals surface area contributed by atoms with Crippen LogP contribution in [0.25, 0.3) is 0 Å². The summed E-state index contributed by atoms with van der Waals surface area (Å²) in [4.78, 5) is 22.8. The zero-order valence-electron chi connectivity index (χ0n) is 10.9. The van der Waals surface area contributed by atoms with Crippen molar-refractivity contribution in [2.45, 2.75) is 31.1 Å². The molecule has 0 aliphatic rings. The summed E-state index contributed by atoms with van der Waals surface area (Å²) >= 11 is 1.39. The molecule has 0 aliphatic heterocycles. The van der Waals surface area contributed by atoms with Crippen molar-refractivity contribution >= 4 is 23.7 Å². The number of thioether (sulfide) groups is 1. The predicted molar refractivity (Wildman–Crippen MR) is 74.4 cm³/mol. The van der Waals surface area contributed by atoms with Gasteiger partial charge in [0.15, 0.2) is 0 Å². The molecule has 0 heterocycles. The first-order chi connectivity index (χ1) is 9.11. The Bertz CT molecular complexity index is 414. The van der Waals surface area contributed by atoms with E-state index < -0.39 is 5.97 Å². The van der Waals surface area contributed by atoms with Crippen LogP contribution in [0.4, 0.5) is 0 Å². The Morgan fingerprint density at radius 2 is 1.95 bits per heavy atom. The van der Waals surface area contributed by atoms with Gasteiger partial charge in [-0.3, -0.25) is 9.59 Å². The minimum atomic E-state index is -0.847. The van der Waals surface area contributed by atoms with E-state index in [1.54, 1.807) is 12.1 Å². The van der Waals surface area contributed by atoms with Crippen LogP contribution in [0.15, 0.2) is 29.2 Å². The Morgan fingerprint density at radius 1 is 1.26 bits per heavy atom. The van der Waals surface area contributed by atoms with Crippen molar-refractivity contribution in [3.63, 3.8) is 0 Å². The molecule has 0 fully saturated rings. The van der Waals surface area contributed by atoms with Crippen LogP contribution in [0.1, 0.15) is 25.3 Å². The summed E-state index contributed by atoms with van der Waals surface area (Å²) in [5.41, 5.74) is 0.752. The van der Waals surface area contributed by atoms with Crippen LogP contribution >= 0.6 is 11.8 Å². The molecule has 4 nitrogen and oxygen atoms in total. The number of esters is 1. The van der Waals surface area contributed by atoms with Gasteiger partial charge in [0.05, 0.1) is 18.8 Å². The van der Waals surface area contributed by atoms with E-state index in [9.17, 15) is 9.59 Å². The van der Waals surface area contributed by atoms with Gasteiger partial charge in [-0.1, -0.05) is 25.5 Å². The molecule has 0 unspecified atom stereocenters. The molecule has 0 saturated heterocycles. The smallest absolute Gasteiger partial charge is 0.316 e. The fourth-order valence-corrected chi connectivity index (χ4v) is 2.09. The van der Waals surface area contributed by atoms with Gasteiger partial charge < -0.3 is 9.84 Å². The highest BCUT2D eigenvalue weighted by Gasteiger charge is 2.05. The molecule has 1 aromatic carbocycles. The Labute approximate surface area is 117 Å². The highest BCUT2D eigenvalue weighted by Crippen LogP contribution is 2.18. The average Bonchev–Trinajstić information content (AvgIpc) is 2.37. The molecule has 19 heavy (non-hydrogen) atoms. The van der Waals surface area contributed by atoms with Crippen molar-refractivity contribution in [1.29, 1.82) is 0 Å². The Hall–Kier alpha value is -1.49. The molecular formula is C14H18O4S. The highest BCUT2D eigenvalue weighted by atomic mass is 32.2. The molecule has 0 spiro atoms. The van der Waals surface area contributed by atoms with E-state index in [0.29, 0.717) is 6.61 Å². The van der Waals surface area contributed by atoms with Crippen molar-refractivity contribution in [2.24, 2.45) is 0 Å². The minimum Gasteiger partial charge on any atom is -0.481 e. The summed E-state index contributed by atoms with van der Waals surface area (Å²) in [6.07, 6.45) is 1.91. The molecule has 5 heteroatoms. The van der Waals surface area contributed by atoms with Gasteiger partial charge in [0.2, 0.25) is 0 Å². The summed E-state index contributed by atoms with van der Waals surface area (Å²) in [7, 11) is 0. The summed E-state index contributed by atoms with van der Waals surface area (Å²) < 4.78 is 5.04. The highest BCUT2D eigenvalue weighted by molar-refractivity contribution is 8.00. The number of hydrogen-bond donors (Lipinski definition) is 1.